The minimum Gasteiger partial charge on any atom is -0.460 e. The zero-order valence-electron chi connectivity index (χ0n) is 17.2. The van der Waals surface area contributed by atoms with Crippen molar-refractivity contribution in [1.29, 1.82) is 0 Å². The van der Waals surface area contributed by atoms with Crippen LogP contribution < -0.4 is 5.32 Å². The molecular formula is C21H37NO4. The number of ether oxygens (including phenoxy) is 2. The van der Waals surface area contributed by atoms with Crippen LogP contribution in [0, 0.1) is 17.8 Å². The Kier molecular flexibility index (Phi) is 7.36. The van der Waals surface area contributed by atoms with Gasteiger partial charge in [-0.1, -0.05) is 46.0 Å². The lowest BCUT2D eigenvalue weighted by Crippen LogP contribution is -2.46. The van der Waals surface area contributed by atoms with E-state index in [1.54, 1.807) is 0 Å². The Morgan fingerprint density at radius 1 is 1.19 bits per heavy atom. The van der Waals surface area contributed by atoms with Gasteiger partial charge in [0, 0.05) is 0 Å². The summed E-state index contributed by atoms with van der Waals surface area (Å²) in [6.07, 6.45) is 7.96. The predicted octanol–water partition coefficient (Wildman–Crippen LogP) is 4.83. The lowest BCUT2D eigenvalue weighted by atomic mass is 9.82. The Labute approximate surface area is 158 Å². The molecule has 0 aromatic carbocycles. The molecule has 5 nitrogen and oxygen atoms in total. The SMILES string of the molecule is CC(C)CC1C[C@@H](C(CC2CCCCC2)NC(=O)OC(C)(C)C)OC1=O. The van der Waals surface area contributed by atoms with Gasteiger partial charge in [-0.25, -0.2) is 4.79 Å². The third-order valence-electron chi connectivity index (χ3n) is 5.34. The Morgan fingerprint density at radius 2 is 1.85 bits per heavy atom. The fraction of sp³-hybridized carbons (Fsp3) is 0.905. The van der Waals surface area contributed by atoms with Crippen molar-refractivity contribution < 1.29 is 19.1 Å². The zero-order chi connectivity index (χ0) is 19.3. The molecule has 2 fully saturated rings. The third-order valence-corrected chi connectivity index (χ3v) is 5.34. The molecule has 1 saturated heterocycles. The van der Waals surface area contributed by atoms with Gasteiger partial charge in [0.1, 0.15) is 11.7 Å². The number of carbonyl (C=O) groups excluding carboxylic acids is 2. The van der Waals surface area contributed by atoms with E-state index in [0.717, 1.165) is 12.8 Å². The van der Waals surface area contributed by atoms with Crippen molar-refractivity contribution >= 4 is 12.1 Å². The van der Waals surface area contributed by atoms with E-state index in [2.05, 4.69) is 19.2 Å². The summed E-state index contributed by atoms with van der Waals surface area (Å²) >= 11 is 0. The van der Waals surface area contributed by atoms with Gasteiger partial charge in [-0.2, -0.15) is 0 Å². The minimum absolute atomic E-state index is 0.0470. The fourth-order valence-electron chi connectivity index (χ4n) is 4.22. The van der Waals surface area contributed by atoms with Gasteiger partial charge in [0.25, 0.3) is 0 Å². The van der Waals surface area contributed by atoms with Gasteiger partial charge in [0.05, 0.1) is 12.0 Å². The molecule has 2 unspecified atom stereocenters. The van der Waals surface area contributed by atoms with Crippen molar-refractivity contribution in [1.82, 2.24) is 5.32 Å². The number of amides is 1. The molecule has 150 valence electrons. The summed E-state index contributed by atoms with van der Waals surface area (Å²) in [4.78, 5) is 24.6. The van der Waals surface area contributed by atoms with Crippen LogP contribution in [0.5, 0.6) is 0 Å². The smallest absolute Gasteiger partial charge is 0.408 e. The van der Waals surface area contributed by atoms with Crippen molar-refractivity contribution in [2.24, 2.45) is 17.8 Å². The van der Waals surface area contributed by atoms with Crippen molar-refractivity contribution in [3.05, 3.63) is 0 Å². The average molecular weight is 368 g/mol. The van der Waals surface area contributed by atoms with E-state index in [1.165, 1.54) is 32.1 Å². The highest BCUT2D eigenvalue weighted by molar-refractivity contribution is 5.75. The van der Waals surface area contributed by atoms with Crippen molar-refractivity contribution in [2.45, 2.75) is 104 Å². The molecule has 0 radical (unpaired) electrons. The molecule has 2 aliphatic rings. The van der Waals surface area contributed by atoms with Crippen LogP contribution in [0.2, 0.25) is 0 Å². The summed E-state index contributed by atoms with van der Waals surface area (Å²) in [5, 5.41) is 3.02. The summed E-state index contributed by atoms with van der Waals surface area (Å²) in [5.41, 5.74) is -0.536. The highest BCUT2D eigenvalue weighted by Crippen LogP contribution is 2.33. The van der Waals surface area contributed by atoms with Crippen LogP contribution in [-0.2, 0) is 14.3 Å². The van der Waals surface area contributed by atoms with Gasteiger partial charge < -0.3 is 14.8 Å². The second-order valence-electron chi connectivity index (χ2n) is 9.53. The Balaban J connectivity index is 2.02. The summed E-state index contributed by atoms with van der Waals surface area (Å²) in [5.74, 6) is 0.895. The van der Waals surface area contributed by atoms with Crippen molar-refractivity contribution in [2.75, 3.05) is 0 Å². The quantitative estimate of drug-likeness (QED) is 0.683. The topological polar surface area (TPSA) is 64.6 Å². The Morgan fingerprint density at radius 3 is 2.42 bits per heavy atom. The number of nitrogens with one attached hydrogen (secondary N) is 1. The summed E-state index contributed by atoms with van der Waals surface area (Å²) < 4.78 is 11.1. The number of esters is 1. The first-order valence-electron chi connectivity index (χ1n) is 10.3. The van der Waals surface area contributed by atoms with Gasteiger partial charge in [-0.15, -0.1) is 0 Å². The lowest BCUT2D eigenvalue weighted by molar-refractivity contribution is -0.145. The number of alkyl carbamates (subject to hydrolysis) is 1. The van der Waals surface area contributed by atoms with Gasteiger partial charge in [-0.05, 0) is 51.9 Å². The zero-order valence-corrected chi connectivity index (χ0v) is 17.2. The number of cyclic esters (lactones) is 1. The number of carbonyl (C=O) groups is 2. The number of hydrogen-bond acceptors (Lipinski definition) is 4. The Bertz CT molecular complexity index is 477. The fourth-order valence-corrected chi connectivity index (χ4v) is 4.22. The normalized spacial score (nSPS) is 25.8. The molecule has 1 aliphatic heterocycles. The van der Waals surface area contributed by atoms with Crippen LogP contribution in [0.4, 0.5) is 4.79 Å². The molecule has 1 amide bonds. The highest BCUT2D eigenvalue weighted by atomic mass is 16.6. The van der Waals surface area contributed by atoms with Crippen LogP contribution >= 0.6 is 0 Å². The molecular weight excluding hydrogens is 330 g/mol. The second-order valence-corrected chi connectivity index (χ2v) is 9.53. The molecule has 0 spiro atoms. The molecule has 3 atom stereocenters. The minimum atomic E-state index is -0.536. The van der Waals surface area contributed by atoms with Crippen molar-refractivity contribution in [3.63, 3.8) is 0 Å². The van der Waals surface area contributed by atoms with Crippen molar-refractivity contribution in [3.8, 4) is 0 Å². The molecule has 1 heterocycles. The predicted molar refractivity (Wildman–Crippen MR) is 102 cm³/mol. The van der Waals surface area contributed by atoms with Crippen LogP contribution in [-0.4, -0.2) is 29.8 Å². The van der Waals surface area contributed by atoms with Gasteiger partial charge in [0.2, 0.25) is 0 Å². The molecule has 2 rings (SSSR count). The largest absolute Gasteiger partial charge is 0.460 e. The Hall–Kier alpha value is -1.26. The molecule has 5 heteroatoms. The van der Waals surface area contributed by atoms with Gasteiger partial charge in [-0.3, -0.25) is 4.79 Å². The standard InChI is InChI=1S/C21H37NO4/c1-14(2)11-16-13-18(25-19(16)23)17(12-15-9-7-6-8-10-15)22-20(24)26-21(3,4)5/h14-18H,6-13H2,1-5H3,(H,22,24)/t16?,17?,18-/m0/s1. The first-order valence-corrected chi connectivity index (χ1v) is 10.3. The molecule has 0 bridgehead atoms. The van der Waals surface area contributed by atoms with E-state index in [0.29, 0.717) is 18.3 Å². The van der Waals surface area contributed by atoms with E-state index in [4.69, 9.17) is 9.47 Å². The first-order chi connectivity index (χ1) is 12.1. The molecule has 0 aromatic rings. The van der Waals surface area contributed by atoms with Crippen LogP contribution in [0.15, 0.2) is 0 Å². The third kappa shape index (κ3) is 6.81. The molecule has 0 aromatic heterocycles. The first kappa shape index (κ1) is 21.0. The summed E-state index contributed by atoms with van der Waals surface area (Å²) in [6, 6.07) is -0.158. The molecule has 1 aliphatic carbocycles. The number of rotatable bonds is 6. The van der Waals surface area contributed by atoms with E-state index in [-0.39, 0.29) is 24.0 Å². The summed E-state index contributed by atoms with van der Waals surface area (Å²) in [7, 11) is 0. The van der Waals surface area contributed by atoms with Gasteiger partial charge >= 0.3 is 12.1 Å². The van der Waals surface area contributed by atoms with Gasteiger partial charge in [0.15, 0.2) is 0 Å². The lowest BCUT2D eigenvalue weighted by Gasteiger charge is -2.31. The molecule has 1 saturated carbocycles. The maximum absolute atomic E-state index is 12.3. The van der Waals surface area contributed by atoms with Crippen LogP contribution in [0.3, 0.4) is 0 Å². The van der Waals surface area contributed by atoms with E-state index >= 15 is 0 Å². The molecule has 26 heavy (non-hydrogen) atoms. The van der Waals surface area contributed by atoms with E-state index in [1.807, 2.05) is 20.8 Å². The van der Waals surface area contributed by atoms with E-state index in [9.17, 15) is 9.59 Å². The van der Waals surface area contributed by atoms with Crippen LogP contribution in [0.1, 0.15) is 86.0 Å². The number of hydrogen-bond donors (Lipinski definition) is 1. The molecule has 1 N–H and O–H groups in total. The maximum Gasteiger partial charge on any atom is 0.408 e. The monoisotopic (exact) mass is 367 g/mol. The maximum atomic E-state index is 12.3. The summed E-state index contributed by atoms with van der Waals surface area (Å²) in [6.45, 7) is 9.82. The van der Waals surface area contributed by atoms with E-state index < -0.39 is 11.7 Å². The average Bonchev–Trinajstić information content (AvgIpc) is 2.86. The van der Waals surface area contributed by atoms with Crippen LogP contribution in [0.25, 0.3) is 0 Å². The highest BCUT2D eigenvalue weighted by Gasteiger charge is 2.40. The second kappa shape index (κ2) is 9.09.